The van der Waals surface area contributed by atoms with Gasteiger partial charge in [0, 0.05) is 25.0 Å². The Labute approximate surface area is 211 Å². The third-order valence-electron chi connectivity index (χ3n) is 5.53. The molecule has 0 spiro atoms. The van der Waals surface area contributed by atoms with Crippen molar-refractivity contribution >= 4 is 33.4 Å². The molecule has 0 unspecified atom stereocenters. The second-order valence-corrected chi connectivity index (χ2v) is 10.5. The zero-order chi connectivity index (χ0) is 25.7. The molecule has 0 saturated heterocycles. The zero-order valence-corrected chi connectivity index (χ0v) is 20.9. The van der Waals surface area contributed by atoms with E-state index in [4.69, 9.17) is 5.73 Å². The van der Waals surface area contributed by atoms with Crippen LogP contribution in [0.5, 0.6) is 0 Å². The first kappa shape index (κ1) is 25.0. The Morgan fingerprint density at radius 2 is 1.72 bits per heavy atom. The van der Waals surface area contributed by atoms with Crippen molar-refractivity contribution in [3.63, 3.8) is 0 Å². The van der Waals surface area contributed by atoms with Crippen molar-refractivity contribution in [3.8, 4) is 11.1 Å². The van der Waals surface area contributed by atoms with Gasteiger partial charge in [-0.25, -0.2) is 12.4 Å². The normalized spacial score (nSPS) is 11.8. The van der Waals surface area contributed by atoms with Crippen molar-refractivity contribution in [2.45, 2.75) is 11.4 Å². The molecule has 0 saturated carbocycles. The van der Waals surface area contributed by atoms with Crippen LogP contribution in [0.2, 0.25) is 0 Å². The Hall–Kier alpha value is -4.14. The summed E-state index contributed by atoms with van der Waals surface area (Å²) in [6.45, 7) is 0.834. The van der Waals surface area contributed by atoms with Crippen molar-refractivity contribution < 1.29 is 13.2 Å². The van der Waals surface area contributed by atoms with Gasteiger partial charge in [-0.15, -0.1) is 0 Å². The Morgan fingerprint density at radius 3 is 2.44 bits per heavy atom. The molecule has 7 nitrogen and oxygen atoms in total. The average molecular weight is 501 g/mol. The summed E-state index contributed by atoms with van der Waals surface area (Å²) in [7, 11) is 0.222. The molecule has 0 aliphatic rings. The Bertz CT molecular complexity index is 1500. The number of benzene rings is 3. The molecule has 1 aromatic heterocycles. The maximum atomic E-state index is 13.3. The van der Waals surface area contributed by atoms with E-state index in [9.17, 15) is 13.2 Å². The maximum absolute atomic E-state index is 13.3. The number of para-hydroxylation sites is 2. The van der Waals surface area contributed by atoms with Gasteiger partial charge in [0.05, 0.1) is 16.3 Å². The lowest BCUT2D eigenvalue weighted by Gasteiger charge is -2.11. The summed E-state index contributed by atoms with van der Waals surface area (Å²) in [5.41, 5.74) is 10.3. The van der Waals surface area contributed by atoms with Gasteiger partial charge in [-0.1, -0.05) is 48.5 Å². The fourth-order valence-corrected chi connectivity index (χ4v) is 4.97. The largest absolute Gasteiger partial charge is 0.397 e. The van der Waals surface area contributed by atoms with Crippen LogP contribution in [0.3, 0.4) is 0 Å². The van der Waals surface area contributed by atoms with Crippen LogP contribution in [0.15, 0.2) is 102 Å². The summed E-state index contributed by atoms with van der Waals surface area (Å²) in [5, 5.41) is 2.70. The molecule has 0 fully saturated rings. The van der Waals surface area contributed by atoms with Crippen LogP contribution in [-0.2, 0) is 21.4 Å². The fourth-order valence-electron chi connectivity index (χ4n) is 3.72. The highest BCUT2D eigenvalue weighted by Crippen LogP contribution is 2.25. The quantitative estimate of drug-likeness (QED) is 0.270. The third-order valence-corrected chi connectivity index (χ3v) is 7.16. The predicted octanol–water partition coefficient (Wildman–Crippen LogP) is 4.69. The van der Waals surface area contributed by atoms with E-state index < -0.39 is 10.0 Å². The highest BCUT2D eigenvalue weighted by Gasteiger charge is 2.17. The molecule has 4 aromatic rings. The first-order valence-electron chi connectivity index (χ1n) is 11.3. The van der Waals surface area contributed by atoms with Crippen LogP contribution in [0, 0.1) is 0 Å². The number of amides is 1. The maximum Gasteiger partial charge on any atom is 0.267 e. The van der Waals surface area contributed by atoms with Gasteiger partial charge >= 0.3 is 0 Å². The highest BCUT2D eigenvalue weighted by atomic mass is 32.2. The molecule has 36 heavy (non-hydrogen) atoms. The molecule has 8 heteroatoms. The van der Waals surface area contributed by atoms with Gasteiger partial charge in [-0.2, -0.15) is 0 Å². The molecular formula is C28H28N4O3S. The number of nitrogens with two attached hydrogens (primary N) is 1. The first-order valence-corrected chi connectivity index (χ1v) is 12.8. The van der Waals surface area contributed by atoms with E-state index >= 15 is 0 Å². The second kappa shape index (κ2) is 10.6. The van der Waals surface area contributed by atoms with Crippen LogP contribution in [-0.4, -0.2) is 37.3 Å². The lowest BCUT2D eigenvalue weighted by molar-refractivity contribution is -0.111. The van der Waals surface area contributed by atoms with Crippen LogP contribution in [0.1, 0.15) is 11.1 Å². The molecule has 184 valence electrons. The molecule has 0 radical (unpaired) electrons. The van der Waals surface area contributed by atoms with Gasteiger partial charge in [0.2, 0.25) is 5.91 Å². The van der Waals surface area contributed by atoms with Gasteiger partial charge in [0.25, 0.3) is 10.0 Å². The van der Waals surface area contributed by atoms with Crippen molar-refractivity contribution in [2.24, 2.45) is 0 Å². The molecule has 0 bridgehead atoms. The van der Waals surface area contributed by atoms with Gasteiger partial charge < -0.3 is 16.0 Å². The molecule has 0 aliphatic heterocycles. The Morgan fingerprint density at radius 1 is 0.972 bits per heavy atom. The average Bonchev–Trinajstić information content (AvgIpc) is 3.35. The van der Waals surface area contributed by atoms with E-state index in [2.05, 4.69) is 10.2 Å². The minimum Gasteiger partial charge on any atom is -0.397 e. The minimum absolute atomic E-state index is 0.181. The van der Waals surface area contributed by atoms with Crippen molar-refractivity contribution in [1.29, 1.82) is 0 Å². The summed E-state index contributed by atoms with van der Waals surface area (Å²) in [6, 6.07) is 23.5. The van der Waals surface area contributed by atoms with Crippen molar-refractivity contribution in [2.75, 3.05) is 25.1 Å². The number of carbonyl (C=O) groups is 1. The molecule has 3 aromatic carbocycles. The number of aromatic nitrogens is 1. The fraction of sp³-hybridized carbons (Fsp3) is 0.107. The topological polar surface area (TPSA) is 97.4 Å². The smallest absolute Gasteiger partial charge is 0.267 e. The molecule has 1 heterocycles. The van der Waals surface area contributed by atoms with Gasteiger partial charge in [0.15, 0.2) is 0 Å². The molecule has 3 N–H and O–H groups in total. The van der Waals surface area contributed by atoms with Gasteiger partial charge in [0.1, 0.15) is 0 Å². The van der Waals surface area contributed by atoms with Gasteiger partial charge in [-0.3, -0.25) is 4.79 Å². The Kier molecular flexibility index (Phi) is 7.38. The van der Waals surface area contributed by atoms with Crippen molar-refractivity contribution in [1.82, 2.24) is 8.87 Å². The van der Waals surface area contributed by atoms with Crippen LogP contribution < -0.4 is 11.1 Å². The van der Waals surface area contributed by atoms with E-state index in [1.54, 1.807) is 54.6 Å². The van der Waals surface area contributed by atoms with E-state index in [0.717, 1.165) is 21.6 Å². The minimum atomic E-state index is -3.81. The van der Waals surface area contributed by atoms with Crippen LogP contribution >= 0.6 is 0 Å². The summed E-state index contributed by atoms with van der Waals surface area (Å²) in [5.74, 6) is -0.368. The van der Waals surface area contributed by atoms with Crippen LogP contribution in [0.4, 0.5) is 11.4 Å². The molecule has 0 aliphatic carbocycles. The van der Waals surface area contributed by atoms with Crippen molar-refractivity contribution in [3.05, 3.63) is 108 Å². The SMILES string of the molecule is CN(C)Cc1ccc(-c2cccc(S(=O)(=O)n3ccc(/C=C/C(=O)Nc4ccccc4N)c3)c2)cc1. The number of hydrogen-bond donors (Lipinski definition) is 2. The number of nitrogens with one attached hydrogen (secondary N) is 1. The predicted molar refractivity (Wildman–Crippen MR) is 145 cm³/mol. The number of nitrogen functional groups attached to an aromatic ring is 1. The van der Waals surface area contributed by atoms with E-state index in [1.807, 2.05) is 44.4 Å². The summed E-state index contributed by atoms with van der Waals surface area (Å²) < 4.78 is 27.7. The third kappa shape index (κ3) is 5.91. The number of hydrogen-bond acceptors (Lipinski definition) is 5. The molecule has 0 atom stereocenters. The number of nitrogens with zero attached hydrogens (tertiary/aromatic N) is 2. The van der Waals surface area contributed by atoms with Crippen LogP contribution in [0.25, 0.3) is 17.2 Å². The first-order chi connectivity index (χ1) is 17.2. The monoisotopic (exact) mass is 500 g/mol. The number of rotatable bonds is 8. The summed E-state index contributed by atoms with van der Waals surface area (Å²) in [4.78, 5) is 14.5. The lowest BCUT2D eigenvalue weighted by Crippen LogP contribution is -2.11. The lowest BCUT2D eigenvalue weighted by atomic mass is 10.0. The zero-order valence-electron chi connectivity index (χ0n) is 20.1. The molecule has 4 rings (SSSR count). The van der Waals surface area contributed by atoms with Gasteiger partial charge in [-0.05, 0) is 72.8 Å². The summed E-state index contributed by atoms with van der Waals surface area (Å²) >= 11 is 0. The molecule has 1 amide bonds. The van der Waals surface area contributed by atoms with E-state index in [-0.39, 0.29) is 10.8 Å². The molecular weight excluding hydrogens is 472 g/mol. The number of anilines is 2. The second-order valence-electron chi connectivity index (χ2n) is 8.65. The van der Waals surface area contributed by atoms with E-state index in [1.165, 1.54) is 24.0 Å². The number of carbonyl (C=O) groups excluding carboxylic acids is 1. The summed E-state index contributed by atoms with van der Waals surface area (Å²) in [6.07, 6.45) is 5.81. The van der Waals surface area contributed by atoms with E-state index in [0.29, 0.717) is 16.9 Å². The Balaban J connectivity index is 1.50. The highest BCUT2D eigenvalue weighted by molar-refractivity contribution is 7.90. The standard InChI is InChI=1S/C28H28N4O3S/c1-31(2)19-21-10-13-23(14-11-21)24-6-5-7-25(18-24)36(34,35)32-17-16-22(20-32)12-15-28(33)30-27-9-4-3-8-26(27)29/h3-18,20H,19,29H2,1-2H3,(H,30,33)/b15-12+.